The van der Waals surface area contributed by atoms with Gasteiger partial charge in [-0.25, -0.2) is 4.68 Å². The highest BCUT2D eigenvalue weighted by Gasteiger charge is 2.12. The Morgan fingerprint density at radius 1 is 1.15 bits per heavy atom. The van der Waals surface area contributed by atoms with Crippen LogP contribution in [0.15, 0.2) is 54.9 Å². The van der Waals surface area contributed by atoms with Gasteiger partial charge >= 0.3 is 0 Å². The van der Waals surface area contributed by atoms with E-state index in [1.165, 1.54) is 5.56 Å². The third kappa shape index (κ3) is 2.21. The molecule has 0 unspecified atom stereocenters. The fraction of sp³-hybridized carbons (Fsp3) is 0.125. The number of para-hydroxylation sites is 1. The quantitative estimate of drug-likeness (QED) is 0.791. The number of benzene rings is 1. The first-order valence-corrected chi connectivity index (χ1v) is 6.55. The predicted molar refractivity (Wildman–Crippen MR) is 79.4 cm³/mol. The highest BCUT2D eigenvalue weighted by Crippen LogP contribution is 2.24. The second-order valence-corrected chi connectivity index (χ2v) is 4.67. The lowest BCUT2D eigenvalue weighted by molar-refractivity contribution is 0.833. The molecule has 0 atom stereocenters. The molecule has 0 fully saturated rings. The molecule has 0 amide bonds. The SMILES string of the molecule is Cc1ccccc1-n1nc(CN)cc1-c1cccnc1. The fourth-order valence-corrected chi connectivity index (χ4v) is 2.23. The molecule has 3 rings (SSSR count). The van der Waals surface area contributed by atoms with E-state index in [0.29, 0.717) is 6.54 Å². The van der Waals surface area contributed by atoms with Crippen molar-refractivity contribution in [2.45, 2.75) is 13.5 Å². The lowest BCUT2D eigenvalue weighted by Crippen LogP contribution is -2.03. The summed E-state index contributed by atoms with van der Waals surface area (Å²) in [5.41, 5.74) is 10.9. The Morgan fingerprint density at radius 2 is 2.00 bits per heavy atom. The predicted octanol–water partition coefficient (Wildman–Crippen LogP) is 2.70. The lowest BCUT2D eigenvalue weighted by atomic mass is 10.1. The molecule has 0 saturated carbocycles. The average Bonchev–Trinajstić information content (AvgIpc) is 2.93. The average molecular weight is 264 g/mol. The largest absolute Gasteiger partial charge is 0.325 e. The summed E-state index contributed by atoms with van der Waals surface area (Å²) in [7, 11) is 0. The van der Waals surface area contributed by atoms with Gasteiger partial charge in [-0.1, -0.05) is 18.2 Å². The molecule has 0 aliphatic carbocycles. The monoisotopic (exact) mass is 264 g/mol. The van der Waals surface area contributed by atoms with Crippen molar-refractivity contribution < 1.29 is 0 Å². The first-order valence-electron chi connectivity index (χ1n) is 6.55. The number of rotatable bonds is 3. The Kier molecular flexibility index (Phi) is 3.31. The van der Waals surface area contributed by atoms with Crippen molar-refractivity contribution in [3.63, 3.8) is 0 Å². The Labute approximate surface area is 117 Å². The van der Waals surface area contributed by atoms with Crippen molar-refractivity contribution in [3.8, 4) is 16.9 Å². The van der Waals surface area contributed by atoms with Crippen LogP contribution in [0.2, 0.25) is 0 Å². The standard InChI is InChI=1S/C16H16N4/c1-12-5-2-3-7-15(12)20-16(9-14(10-17)19-20)13-6-4-8-18-11-13/h2-9,11H,10,17H2,1H3. The minimum Gasteiger partial charge on any atom is -0.325 e. The molecular formula is C16H16N4. The summed E-state index contributed by atoms with van der Waals surface area (Å²) in [4.78, 5) is 4.18. The molecule has 2 heterocycles. The van der Waals surface area contributed by atoms with Crippen LogP contribution in [0.3, 0.4) is 0 Å². The molecule has 0 aliphatic heterocycles. The van der Waals surface area contributed by atoms with Crippen molar-refractivity contribution >= 4 is 0 Å². The summed E-state index contributed by atoms with van der Waals surface area (Å²) in [6, 6.07) is 14.1. The first-order chi connectivity index (χ1) is 9.79. The summed E-state index contributed by atoms with van der Waals surface area (Å²) >= 11 is 0. The van der Waals surface area contributed by atoms with Gasteiger partial charge in [0.2, 0.25) is 0 Å². The maximum atomic E-state index is 5.73. The Balaban J connectivity index is 2.21. The van der Waals surface area contributed by atoms with Crippen molar-refractivity contribution in [2.24, 2.45) is 5.73 Å². The number of hydrogen-bond acceptors (Lipinski definition) is 3. The van der Waals surface area contributed by atoms with Gasteiger partial charge in [-0.2, -0.15) is 5.10 Å². The third-order valence-electron chi connectivity index (χ3n) is 3.27. The fourth-order valence-electron chi connectivity index (χ4n) is 2.23. The van der Waals surface area contributed by atoms with Crippen LogP contribution in [0.4, 0.5) is 0 Å². The maximum Gasteiger partial charge on any atom is 0.0771 e. The van der Waals surface area contributed by atoms with E-state index in [2.05, 4.69) is 29.1 Å². The van der Waals surface area contributed by atoms with Crippen molar-refractivity contribution in [3.05, 3.63) is 66.1 Å². The van der Waals surface area contributed by atoms with Crippen LogP contribution in [-0.4, -0.2) is 14.8 Å². The summed E-state index contributed by atoms with van der Waals surface area (Å²) in [6.07, 6.45) is 3.61. The second kappa shape index (κ2) is 5.27. The first kappa shape index (κ1) is 12.6. The number of aryl methyl sites for hydroxylation is 1. The van der Waals surface area contributed by atoms with Gasteiger partial charge in [0.25, 0.3) is 0 Å². The van der Waals surface area contributed by atoms with Crippen LogP contribution < -0.4 is 5.73 Å². The summed E-state index contributed by atoms with van der Waals surface area (Å²) < 4.78 is 1.94. The van der Waals surface area contributed by atoms with Crippen molar-refractivity contribution in [1.29, 1.82) is 0 Å². The van der Waals surface area contributed by atoms with Crippen LogP contribution in [0.5, 0.6) is 0 Å². The second-order valence-electron chi connectivity index (χ2n) is 4.67. The molecule has 0 spiro atoms. The highest BCUT2D eigenvalue weighted by molar-refractivity contribution is 5.62. The van der Waals surface area contributed by atoms with Gasteiger partial charge in [-0.15, -0.1) is 0 Å². The van der Waals surface area contributed by atoms with Gasteiger partial charge in [0.1, 0.15) is 0 Å². The van der Waals surface area contributed by atoms with E-state index in [-0.39, 0.29) is 0 Å². The molecule has 0 saturated heterocycles. The molecule has 4 nitrogen and oxygen atoms in total. The molecule has 20 heavy (non-hydrogen) atoms. The van der Waals surface area contributed by atoms with Gasteiger partial charge in [-0.05, 0) is 36.8 Å². The number of nitrogens with zero attached hydrogens (tertiary/aromatic N) is 3. The van der Waals surface area contributed by atoms with Gasteiger partial charge in [0.15, 0.2) is 0 Å². The van der Waals surface area contributed by atoms with E-state index in [9.17, 15) is 0 Å². The van der Waals surface area contributed by atoms with Gasteiger partial charge < -0.3 is 5.73 Å². The molecule has 2 aromatic heterocycles. The summed E-state index contributed by atoms with van der Waals surface area (Å²) in [5, 5.41) is 4.60. The molecule has 4 heteroatoms. The van der Waals surface area contributed by atoms with Crippen LogP contribution in [0, 0.1) is 6.92 Å². The van der Waals surface area contributed by atoms with Crippen LogP contribution >= 0.6 is 0 Å². The topological polar surface area (TPSA) is 56.7 Å². The third-order valence-corrected chi connectivity index (χ3v) is 3.27. The van der Waals surface area contributed by atoms with E-state index < -0.39 is 0 Å². The number of aromatic nitrogens is 3. The van der Waals surface area contributed by atoms with Gasteiger partial charge in [-0.3, -0.25) is 4.98 Å². The van der Waals surface area contributed by atoms with Crippen LogP contribution in [0.25, 0.3) is 16.9 Å². The smallest absolute Gasteiger partial charge is 0.0771 e. The molecular weight excluding hydrogens is 248 g/mol. The van der Waals surface area contributed by atoms with Gasteiger partial charge in [0.05, 0.1) is 17.1 Å². The van der Waals surface area contributed by atoms with E-state index in [4.69, 9.17) is 5.73 Å². The number of nitrogens with two attached hydrogens (primary N) is 1. The maximum absolute atomic E-state index is 5.73. The van der Waals surface area contributed by atoms with Crippen molar-refractivity contribution in [2.75, 3.05) is 0 Å². The number of pyridine rings is 1. The number of hydrogen-bond donors (Lipinski definition) is 1. The Hall–Kier alpha value is -2.46. The van der Waals surface area contributed by atoms with E-state index >= 15 is 0 Å². The molecule has 0 aliphatic rings. The minimum atomic E-state index is 0.423. The lowest BCUT2D eigenvalue weighted by Gasteiger charge is -2.09. The molecule has 0 radical (unpaired) electrons. The minimum absolute atomic E-state index is 0.423. The summed E-state index contributed by atoms with van der Waals surface area (Å²) in [5.74, 6) is 0. The van der Waals surface area contributed by atoms with Crippen molar-refractivity contribution in [1.82, 2.24) is 14.8 Å². The van der Waals surface area contributed by atoms with Gasteiger partial charge in [0, 0.05) is 24.5 Å². The van der Waals surface area contributed by atoms with Crippen LogP contribution in [0.1, 0.15) is 11.3 Å². The molecule has 0 bridgehead atoms. The zero-order chi connectivity index (χ0) is 13.9. The van der Waals surface area contributed by atoms with Crippen LogP contribution in [-0.2, 0) is 6.54 Å². The van der Waals surface area contributed by atoms with E-state index in [0.717, 1.165) is 22.6 Å². The Bertz CT molecular complexity index is 716. The normalized spacial score (nSPS) is 10.7. The zero-order valence-electron chi connectivity index (χ0n) is 11.3. The van der Waals surface area contributed by atoms with E-state index in [1.54, 1.807) is 6.20 Å². The Morgan fingerprint density at radius 3 is 2.70 bits per heavy atom. The molecule has 3 aromatic rings. The molecule has 1 aromatic carbocycles. The zero-order valence-corrected chi connectivity index (χ0v) is 11.3. The highest BCUT2D eigenvalue weighted by atomic mass is 15.3. The molecule has 100 valence electrons. The summed E-state index contributed by atoms with van der Waals surface area (Å²) in [6.45, 7) is 2.50. The van der Waals surface area contributed by atoms with E-state index in [1.807, 2.05) is 41.2 Å². The molecule has 2 N–H and O–H groups in total.